The molecule has 1 aromatic heterocycles. The maximum absolute atomic E-state index is 12.0. The number of fused-ring (bicyclic) bond motifs is 1. The summed E-state index contributed by atoms with van der Waals surface area (Å²) < 4.78 is 0. The van der Waals surface area contributed by atoms with E-state index < -0.39 is 0 Å². The van der Waals surface area contributed by atoms with Gasteiger partial charge in [0.15, 0.2) is 0 Å². The number of benzene rings is 1. The fourth-order valence-electron chi connectivity index (χ4n) is 2.00. The van der Waals surface area contributed by atoms with Gasteiger partial charge in [0.1, 0.15) is 5.56 Å². The topological polar surface area (TPSA) is 62.0 Å². The summed E-state index contributed by atoms with van der Waals surface area (Å²) in [5.74, 6) is -0.322. The van der Waals surface area contributed by atoms with Crippen molar-refractivity contribution in [2.24, 2.45) is 0 Å². The Bertz CT molecular complexity index is 686. The lowest BCUT2D eigenvalue weighted by Gasteiger charge is -2.05. The highest BCUT2D eigenvalue weighted by molar-refractivity contribution is 5.97. The average Bonchev–Trinajstić information content (AvgIpc) is 2.46. The molecule has 4 nitrogen and oxygen atoms in total. The first kappa shape index (κ1) is 14.1. The van der Waals surface area contributed by atoms with Crippen LogP contribution in [0.15, 0.2) is 47.3 Å². The molecule has 0 saturated carbocycles. The van der Waals surface area contributed by atoms with Gasteiger partial charge < -0.3 is 10.3 Å². The average molecular weight is 270 g/mol. The van der Waals surface area contributed by atoms with Crippen LogP contribution in [-0.2, 0) is 0 Å². The molecule has 2 rings (SSSR count). The second kappa shape index (κ2) is 6.70. The van der Waals surface area contributed by atoms with Crippen LogP contribution in [0.1, 0.15) is 30.1 Å². The van der Waals surface area contributed by atoms with Gasteiger partial charge >= 0.3 is 0 Å². The highest BCUT2D eigenvalue weighted by Gasteiger charge is 2.10. The Morgan fingerprint density at radius 1 is 1.35 bits per heavy atom. The second-order valence-electron chi connectivity index (χ2n) is 4.57. The fourth-order valence-corrected chi connectivity index (χ4v) is 2.00. The Hall–Kier alpha value is -2.36. The number of rotatable bonds is 5. The van der Waals surface area contributed by atoms with Gasteiger partial charge in [-0.3, -0.25) is 9.59 Å². The highest BCUT2D eigenvalue weighted by Crippen LogP contribution is 2.09. The first-order valence-corrected chi connectivity index (χ1v) is 6.74. The normalized spacial score (nSPS) is 11.1. The molecule has 0 saturated heterocycles. The number of hydrogen-bond acceptors (Lipinski definition) is 2. The van der Waals surface area contributed by atoms with E-state index in [2.05, 4.69) is 16.4 Å². The van der Waals surface area contributed by atoms with Crippen LogP contribution in [-0.4, -0.2) is 17.4 Å². The van der Waals surface area contributed by atoms with Crippen molar-refractivity contribution in [2.75, 3.05) is 6.54 Å². The van der Waals surface area contributed by atoms with E-state index in [-0.39, 0.29) is 17.0 Å². The standard InChI is InChI=1S/C16H18N2O2/c1-2-3-4-7-10-17-15(19)13-11-12-8-5-6-9-14(12)18-16(13)20/h2-3,5-6,8-9,11H,4,7,10H2,1H3,(H,17,19)(H,18,20)/b3-2+. The van der Waals surface area contributed by atoms with E-state index in [1.165, 1.54) is 0 Å². The zero-order valence-corrected chi connectivity index (χ0v) is 11.5. The van der Waals surface area contributed by atoms with Crippen LogP contribution < -0.4 is 10.9 Å². The molecule has 2 N–H and O–H groups in total. The minimum absolute atomic E-state index is 0.162. The molecule has 0 bridgehead atoms. The quantitative estimate of drug-likeness (QED) is 0.648. The predicted octanol–water partition coefficient (Wildman–Crippen LogP) is 2.61. The van der Waals surface area contributed by atoms with Crippen LogP contribution in [0.5, 0.6) is 0 Å². The number of amides is 1. The summed E-state index contributed by atoms with van der Waals surface area (Å²) in [6.45, 7) is 2.53. The zero-order chi connectivity index (χ0) is 14.4. The molecule has 0 atom stereocenters. The van der Waals surface area contributed by atoms with E-state index in [1.807, 2.05) is 37.3 Å². The first-order chi connectivity index (χ1) is 9.72. The summed E-state index contributed by atoms with van der Waals surface area (Å²) in [7, 11) is 0. The number of allylic oxidation sites excluding steroid dienone is 2. The van der Waals surface area contributed by atoms with E-state index in [4.69, 9.17) is 0 Å². The Morgan fingerprint density at radius 2 is 2.15 bits per heavy atom. The van der Waals surface area contributed by atoms with Crippen molar-refractivity contribution in [3.05, 3.63) is 58.4 Å². The van der Waals surface area contributed by atoms with Crippen molar-refractivity contribution in [3.8, 4) is 0 Å². The molecule has 0 spiro atoms. The Balaban J connectivity index is 2.10. The van der Waals surface area contributed by atoms with Crippen molar-refractivity contribution in [3.63, 3.8) is 0 Å². The number of H-pyrrole nitrogens is 1. The van der Waals surface area contributed by atoms with Crippen molar-refractivity contribution in [1.82, 2.24) is 10.3 Å². The van der Waals surface area contributed by atoms with Crippen LogP contribution in [0.2, 0.25) is 0 Å². The van der Waals surface area contributed by atoms with E-state index >= 15 is 0 Å². The lowest BCUT2D eigenvalue weighted by Crippen LogP contribution is -2.30. The van der Waals surface area contributed by atoms with E-state index in [1.54, 1.807) is 6.07 Å². The summed E-state index contributed by atoms with van der Waals surface area (Å²) in [5, 5.41) is 3.62. The molecule has 0 unspecified atom stereocenters. The highest BCUT2D eigenvalue weighted by atomic mass is 16.2. The van der Waals surface area contributed by atoms with Crippen LogP contribution >= 0.6 is 0 Å². The molecule has 104 valence electrons. The van der Waals surface area contributed by atoms with Crippen LogP contribution in [0.25, 0.3) is 10.9 Å². The van der Waals surface area contributed by atoms with Crippen molar-refractivity contribution < 1.29 is 4.79 Å². The van der Waals surface area contributed by atoms with Crippen LogP contribution in [0.4, 0.5) is 0 Å². The maximum Gasteiger partial charge on any atom is 0.261 e. The molecule has 0 aliphatic rings. The molecular formula is C16H18N2O2. The van der Waals surface area contributed by atoms with Crippen molar-refractivity contribution in [1.29, 1.82) is 0 Å². The summed E-state index contributed by atoms with van der Waals surface area (Å²) in [6, 6.07) is 9.04. The number of carbonyl (C=O) groups is 1. The monoisotopic (exact) mass is 270 g/mol. The molecular weight excluding hydrogens is 252 g/mol. The molecule has 20 heavy (non-hydrogen) atoms. The minimum atomic E-state index is -0.352. The van der Waals surface area contributed by atoms with E-state index in [9.17, 15) is 9.59 Å². The lowest BCUT2D eigenvalue weighted by atomic mass is 10.1. The number of pyridine rings is 1. The van der Waals surface area contributed by atoms with Gasteiger partial charge in [0.2, 0.25) is 0 Å². The van der Waals surface area contributed by atoms with Gasteiger partial charge in [-0.15, -0.1) is 0 Å². The number of para-hydroxylation sites is 1. The minimum Gasteiger partial charge on any atom is -0.352 e. The Labute approximate surface area is 117 Å². The molecule has 1 amide bonds. The number of nitrogens with one attached hydrogen (secondary N) is 2. The van der Waals surface area contributed by atoms with Gasteiger partial charge in [0, 0.05) is 12.1 Å². The third-order valence-corrected chi connectivity index (χ3v) is 3.07. The molecule has 0 aliphatic heterocycles. The fraction of sp³-hybridized carbons (Fsp3) is 0.250. The Morgan fingerprint density at radius 3 is 2.95 bits per heavy atom. The van der Waals surface area contributed by atoms with Gasteiger partial charge in [-0.1, -0.05) is 30.4 Å². The van der Waals surface area contributed by atoms with Gasteiger partial charge in [0.05, 0.1) is 0 Å². The number of hydrogen-bond donors (Lipinski definition) is 2. The molecule has 1 aromatic carbocycles. The largest absolute Gasteiger partial charge is 0.352 e. The third-order valence-electron chi connectivity index (χ3n) is 3.07. The van der Waals surface area contributed by atoms with Crippen LogP contribution in [0.3, 0.4) is 0 Å². The summed E-state index contributed by atoms with van der Waals surface area (Å²) in [5.41, 5.74) is 0.548. The smallest absolute Gasteiger partial charge is 0.261 e. The van der Waals surface area contributed by atoms with E-state index in [0.29, 0.717) is 6.54 Å². The molecule has 4 heteroatoms. The van der Waals surface area contributed by atoms with Gasteiger partial charge in [0.25, 0.3) is 11.5 Å². The second-order valence-corrected chi connectivity index (χ2v) is 4.57. The summed E-state index contributed by atoms with van der Waals surface area (Å²) >= 11 is 0. The van der Waals surface area contributed by atoms with Crippen molar-refractivity contribution in [2.45, 2.75) is 19.8 Å². The first-order valence-electron chi connectivity index (χ1n) is 6.74. The number of aromatic nitrogens is 1. The summed E-state index contributed by atoms with van der Waals surface area (Å²) in [6.07, 6.45) is 5.82. The third kappa shape index (κ3) is 3.35. The van der Waals surface area contributed by atoms with Gasteiger partial charge in [-0.2, -0.15) is 0 Å². The Kier molecular flexibility index (Phi) is 4.71. The van der Waals surface area contributed by atoms with E-state index in [0.717, 1.165) is 23.7 Å². The lowest BCUT2D eigenvalue weighted by molar-refractivity contribution is 0.0952. The molecule has 1 heterocycles. The molecule has 0 radical (unpaired) electrons. The number of aromatic amines is 1. The SMILES string of the molecule is C/C=C/CCCNC(=O)c1cc2ccccc2[nH]c1=O. The van der Waals surface area contributed by atoms with Crippen LogP contribution in [0, 0.1) is 0 Å². The number of carbonyl (C=O) groups excluding carboxylic acids is 1. The predicted molar refractivity (Wildman–Crippen MR) is 80.9 cm³/mol. The molecule has 0 fully saturated rings. The summed E-state index contributed by atoms with van der Waals surface area (Å²) in [4.78, 5) is 26.6. The zero-order valence-electron chi connectivity index (χ0n) is 11.5. The van der Waals surface area contributed by atoms with Gasteiger partial charge in [-0.25, -0.2) is 0 Å². The van der Waals surface area contributed by atoms with Gasteiger partial charge in [-0.05, 0) is 37.3 Å². The number of unbranched alkanes of at least 4 members (excludes halogenated alkanes) is 1. The molecule has 0 aliphatic carbocycles. The maximum atomic E-state index is 12.0. The molecule has 2 aromatic rings. The van der Waals surface area contributed by atoms with Crippen molar-refractivity contribution >= 4 is 16.8 Å².